The van der Waals surface area contributed by atoms with Gasteiger partial charge in [-0.2, -0.15) is 0 Å². The van der Waals surface area contributed by atoms with Crippen molar-refractivity contribution in [3.63, 3.8) is 0 Å². The Morgan fingerprint density at radius 3 is 2.45 bits per heavy atom. The zero-order valence-corrected chi connectivity index (χ0v) is 10.0. The van der Waals surface area contributed by atoms with Gasteiger partial charge in [-0.3, -0.25) is 0 Å². The summed E-state index contributed by atoms with van der Waals surface area (Å²) in [4.78, 5) is 14.8. The Hall–Kier alpha value is -1.97. The van der Waals surface area contributed by atoms with Gasteiger partial charge in [0.25, 0.3) is 6.43 Å². The van der Waals surface area contributed by atoms with Crippen LogP contribution in [0, 0.1) is 0 Å². The fraction of sp³-hybridized carbons (Fsp3) is 0.400. The number of methoxy groups -OCH3 is 1. The van der Waals surface area contributed by atoms with Crippen molar-refractivity contribution in [1.82, 2.24) is 4.98 Å². The number of alkyl halides is 5. The van der Waals surface area contributed by atoms with Gasteiger partial charge in [0.1, 0.15) is 17.0 Å². The van der Waals surface area contributed by atoms with E-state index < -0.39 is 48.0 Å². The summed E-state index contributed by atoms with van der Waals surface area (Å²) in [6.07, 6.45) is -8.32. The van der Waals surface area contributed by atoms with Crippen molar-refractivity contribution in [3.05, 3.63) is 23.0 Å². The van der Waals surface area contributed by atoms with Crippen LogP contribution in [0.25, 0.3) is 0 Å². The maximum Gasteiger partial charge on any atom is 0.573 e. The minimum absolute atomic E-state index is 0.323. The zero-order chi connectivity index (χ0) is 15.5. The molecule has 0 saturated carbocycles. The number of ether oxygens (including phenoxy) is 2. The molecule has 20 heavy (non-hydrogen) atoms. The average molecular weight is 300 g/mol. The molecule has 0 spiro atoms. The molecule has 1 aromatic rings. The lowest BCUT2D eigenvalue weighted by Crippen LogP contribution is -2.22. The molecule has 1 rings (SSSR count). The van der Waals surface area contributed by atoms with Gasteiger partial charge in [0, 0.05) is 12.6 Å². The summed E-state index contributed by atoms with van der Waals surface area (Å²) in [5.74, 6) is -2.35. The second-order valence-corrected chi connectivity index (χ2v) is 3.41. The number of nitrogens with two attached hydrogens (primary N) is 1. The van der Waals surface area contributed by atoms with E-state index in [0.29, 0.717) is 6.07 Å². The largest absolute Gasteiger partial charge is 0.573 e. The first-order valence-corrected chi connectivity index (χ1v) is 5.05. The van der Waals surface area contributed by atoms with Crippen LogP contribution in [0.1, 0.15) is 28.2 Å². The Labute approximate surface area is 109 Å². The van der Waals surface area contributed by atoms with Crippen LogP contribution in [0.15, 0.2) is 6.07 Å². The van der Waals surface area contributed by atoms with Crippen molar-refractivity contribution in [2.24, 2.45) is 5.73 Å². The van der Waals surface area contributed by atoms with E-state index in [1.807, 2.05) is 0 Å². The normalized spacial score (nSPS) is 11.6. The van der Waals surface area contributed by atoms with E-state index in [-0.39, 0.29) is 0 Å². The highest BCUT2D eigenvalue weighted by Gasteiger charge is 2.35. The van der Waals surface area contributed by atoms with Crippen LogP contribution >= 0.6 is 0 Å². The molecule has 5 nitrogen and oxygen atoms in total. The van der Waals surface area contributed by atoms with Gasteiger partial charge >= 0.3 is 12.3 Å². The first-order chi connectivity index (χ1) is 9.19. The minimum Gasteiger partial charge on any atom is -0.465 e. The van der Waals surface area contributed by atoms with Gasteiger partial charge in [-0.25, -0.2) is 18.6 Å². The molecule has 0 amide bonds. The van der Waals surface area contributed by atoms with E-state index in [1.165, 1.54) is 0 Å². The zero-order valence-electron chi connectivity index (χ0n) is 10.0. The second-order valence-electron chi connectivity index (χ2n) is 3.41. The van der Waals surface area contributed by atoms with Crippen LogP contribution in [0.2, 0.25) is 0 Å². The van der Waals surface area contributed by atoms with Gasteiger partial charge in [0.05, 0.1) is 12.8 Å². The quantitative estimate of drug-likeness (QED) is 0.681. The monoisotopic (exact) mass is 300 g/mol. The highest BCUT2D eigenvalue weighted by Crippen LogP contribution is 2.32. The van der Waals surface area contributed by atoms with Crippen LogP contribution in [0.3, 0.4) is 0 Å². The molecule has 0 atom stereocenters. The summed E-state index contributed by atoms with van der Waals surface area (Å²) < 4.78 is 69.7. The standard InChI is InChI=1S/C10H9F5N2O3/c1-19-9(18)7-5(3-16)17-4(8(11)12)2-6(7)20-10(13,14)15/h2,8H,3,16H2,1H3. The Kier molecular flexibility index (Phi) is 4.82. The molecule has 0 saturated heterocycles. The maximum absolute atomic E-state index is 12.6. The van der Waals surface area contributed by atoms with E-state index in [2.05, 4.69) is 14.5 Å². The summed E-state index contributed by atoms with van der Waals surface area (Å²) in [6, 6.07) is 0.323. The van der Waals surface area contributed by atoms with Crippen LogP contribution in [-0.2, 0) is 11.3 Å². The van der Waals surface area contributed by atoms with Crippen molar-refractivity contribution < 1.29 is 36.2 Å². The number of pyridine rings is 1. The number of carbonyl (C=O) groups excluding carboxylic acids is 1. The summed E-state index contributed by atoms with van der Waals surface area (Å²) >= 11 is 0. The minimum atomic E-state index is -5.17. The van der Waals surface area contributed by atoms with Crippen LogP contribution < -0.4 is 10.5 Å². The first-order valence-electron chi connectivity index (χ1n) is 5.05. The summed E-state index contributed by atoms with van der Waals surface area (Å²) in [5.41, 5.74) is 2.99. The molecule has 0 aromatic carbocycles. The predicted octanol–water partition coefficient (Wildman–Crippen LogP) is 2.16. The lowest BCUT2D eigenvalue weighted by molar-refractivity contribution is -0.274. The number of rotatable bonds is 4. The number of hydrogen-bond acceptors (Lipinski definition) is 5. The molecule has 2 N–H and O–H groups in total. The summed E-state index contributed by atoms with van der Waals surface area (Å²) in [7, 11) is 0.904. The summed E-state index contributed by atoms with van der Waals surface area (Å²) in [6.45, 7) is -0.542. The summed E-state index contributed by atoms with van der Waals surface area (Å²) in [5, 5.41) is 0. The lowest BCUT2D eigenvalue weighted by atomic mass is 10.1. The van der Waals surface area contributed by atoms with Crippen LogP contribution in [0.5, 0.6) is 5.75 Å². The predicted molar refractivity (Wildman–Crippen MR) is 55.1 cm³/mol. The number of halogens is 5. The van der Waals surface area contributed by atoms with Gasteiger partial charge in [-0.05, 0) is 0 Å². The van der Waals surface area contributed by atoms with Crippen molar-refractivity contribution in [2.45, 2.75) is 19.3 Å². The molecule has 0 fully saturated rings. The number of carbonyl (C=O) groups is 1. The molecule has 0 radical (unpaired) electrons. The van der Waals surface area contributed by atoms with Gasteiger partial charge < -0.3 is 15.2 Å². The number of hydrogen-bond donors (Lipinski definition) is 1. The van der Waals surface area contributed by atoms with Crippen molar-refractivity contribution in [1.29, 1.82) is 0 Å². The van der Waals surface area contributed by atoms with E-state index in [4.69, 9.17) is 5.73 Å². The molecule has 0 unspecified atom stereocenters. The van der Waals surface area contributed by atoms with E-state index >= 15 is 0 Å². The topological polar surface area (TPSA) is 74.4 Å². The molecule has 112 valence electrons. The third-order valence-corrected chi connectivity index (χ3v) is 2.11. The fourth-order valence-electron chi connectivity index (χ4n) is 1.38. The third-order valence-electron chi connectivity index (χ3n) is 2.11. The molecule has 0 bridgehead atoms. The van der Waals surface area contributed by atoms with Gasteiger partial charge in [-0.15, -0.1) is 13.2 Å². The Balaban J connectivity index is 3.48. The SMILES string of the molecule is COC(=O)c1c(OC(F)(F)F)cc(C(F)F)nc1CN. The molecule has 0 aliphatic rings. The Bertz CT molecular complexity index is 504. The highest BCUT2D eigenvalue weighted by atomic mass is 19.4. The lowest BCUT2D eigenvalue weighted by Gasteiger charge is -2.15. The van der Waals surface area contributed by atoms with E-state index in [9.17, 15) is 26.7 Å². The third kappa shape index (κ3) is 3.76. The Morgan fingerprint density at radius 2 is 2.05 bits per heavy atom. The molecule has 0 aliphatic heterocycles. The average Bonchev–Trinajstić information content (AvgIpc) is 2.34. The molecule has 0 aliphatic carbocycles. The van der Waals surface area contributed by atoms with E-state index in [1.54, 1.807) is 0 Å². The van der Waals surface area contributed by atoms with Crippen molar-refractivity contribution in [3.8, 4) is 5.75 Å². The highest BCUT2D eigenvalue weighted by molar-refractivity contribution is 5.93. The number of aromatic nitrogens is 1. The first kappa shape index (κ1) is 16.1. The number of nitrogens with zero attached hydrogens (tertiary/aromatic N) is 1. The van der Waals surface area contributed by atoms with Gasteiger partial charge in [0.2, 0.25) is 0 Å². The van der Waals surface area contributed by atoms with Gasteiger partial charge in [-0.1, -0.05) is 0 Å². The molecule has 1 aromatic heterocycles. The molecule has 1 heterocycles. The van der Waals surface area contributed by atoms with Crippen LogP contribution in [-0.4, -0.2) is 24.4 Å². The van der Waals surface area contributed by atoms with Crippen molar-refractivity contribution >= 4 is 5.97 Å². The second kappa shape index (κ2) is 5.99. The van der Waals surface area contributed by atoms with Crippen molar-refractivity contribution in [2.75, 3.05) is 7.11 Å². The smallest absolute Gasteiger partial charge is 0.465 e. The number of esters is 1. The molecular weight excluding hydrogens is 291 g/mol. The van der Waals surface area contributed by atoms with Gasteiger partial charge in [0.15, 0.2) is 0 Å². The van der Waals surface area contributed by atoms with E-state index in [0.717, 1.165) is 7.11 Å². The Morgan fingerprint density at radius 1 is 1.45 bits per heavy atom. The maximum atomic E-state index is 12.6. The van der Waals surface area contributed by atoms with Crippen LogP contribution in [0.4, 0.5) is 22.0 Å². The fourth-order valence-corrected chi connectivity index (χ4v) is 1.38. The molecular formula is C10H9F5N2O3. The molecule has 10 heteroatoms.